The Morgan fingerprint density at radius 3 is 2.73 bits per heavy atom. The number of nitrogens with zero attached hydrogens (tertiary/aromatic N) is 5. The van der Waals surface area contributed by atoms with Crippen LogP contribution in [0.25, 0.3) is 11.2 Å². The lowest BCUT2D eigenvalue weighted by atomic mass is 10.2. The normalized spacial score (nSPS) is 15.5. The Kier molecular flexibility index (Phi) is 3.42. The lowest BCUT2D eigenvalue weighted by Gasteiger charge is -2.11. The first-order valence-electron chi connectivity index (χ1n) is 7.72. The quantitative estimate of drug-likeness (QED) is 0.801. The van der Waals surface area contributed by atoms with Gasteiger partial charge in [0.2, 0.25) is 0 Å². The van der Waals surface area contributed by atoms with E-state index in [1.807, 2.05) is 18.5 Å². The molecule has 0 amide bonds. The molecule has 4 rings (SSSR count). The van der Waals surface area contributed by atoms with Crippen molar-refractivity contribution in [1.82, 2.24) is 24.5 Å². The number of fused-ring (bicyclic) bond motifs is 1. The molecule has 6 nitrogen and oxygen atoms in total. The van der Waals surface area contributed by atoms with E-state index in [2.05, 4.69) is 29.8 Å². The van der Waals surface area contributed by atoms with Gasteiger partial charge in [0.25, 0.3) is 0 Å². The van der Waals surface area contributed by atoms with Crippen LogP contribution in [0.15, 0.2) is 37.2 Å². The average molecular weight is 294 g/mol. The summed E-state index contributed by atoms with van der Waals surface area (Å²) in [6.07, 6.45) is 12.1. The van der Waals surface area contributed by atoms with Crippen LogP contribution in [0.4, 0.5) is 5.82 Å². The van der Waals surface area contributed by atoms with Gasteiger partial charge >= 0.3 is 0 Å². The molecule has 1 N–H and O–H groups in total. The number of hydrogen-bond acceptors (Lipinski definition) is 5. The minimum absolute atomic E-state index is 0.535. The molecule has 3 aromatic heterocycles. The summed E-state index contributed by atoms with van der Waals surface area (Å²) in [5, 5.41) is 3.35. The molecule has 0 unspecified atom stereocenters. The van der Waals surface area contributed by atoms with Gasteiger partial charge < -0.3 is 9.88 Å². The fraction of sp³-hybridized carbons (Fsp3) is 0.375. The van der Waals surface area contributed by atoms with Gasteiger partial charge in [-0.25, -0.2) is 15.0 Å². The molecule has 3 aromatic rings. The topological polar surface area (TPSA) is 68.5 Å². The van der Waals surface area contributed by atoms with E-state index in [0.717, 1.165) is 22.5 Å². The predicted molar refractivity (Wildman–Crippen MR) is 84.4 cm³/mol. The van der Waals surface area contributed by atoms with Crippen LogP contribution in [0.2, 0.25) is 0 Å². The van der Waals surface area contributed by atoms with Gasteiger partial charge in [-0.2, -0.15) is 0 Å². The van der Waals surface area contributed by atoms with Gasteiger partial charge in [-0.1, -0.05) is 12.8 Å². The Morgan fingerprint density at radius 1 is 1.09 bits per heavy atom. The van der Waals surface area contributed by atoms with Gasteiger partial charge in [0.05, 0.1) is 6.33 Å². The van der Waals surface area contributed by atoms with E-state index in [1.54, 1.807) is 18.7 Å². The fourth-order valence-corrected chi connectivity index (χ4v) is 3.12. The molecule has 1 aliphatic carbocycles. The third-order valence-corrected chi connectivity index (χ3v) is 4.29. The zero-order chi connectivity index (χ0) is 14.8. The zero-order valence-electron chi connectivity index (χ0n) is 12.3. The van der Waals surface area contributed by atoms with Crippen molar-refractivity contribution in [3.05, 3.63) is 42.7 Å². The highest BCUT2D eigenvalue weighted by Crippen LogP contribution is 2.32. The van der Waals surface area contributed by atoms with Crippen molar-refractivity contribution in [1.29, 1.82) is 0 Å². The molecule has 0 atom stereocenters. The summed E-state index contributed by atoms with van der Waals surface area (Å²) >= 11 is 0. The molecule has 0 bridgehead atoms. The maximum absolute atomic E-state index is 4.54. The number of pyridine rings is 1. The maximum atomic E-state index is 4.54. The van der Waals surface area contributed by atoms with Gasteiger partial charge in [0.1, 0.15) is 11.8 Å². The molecular formula is C16H18N6. The fourth-order valence-electron chi connectivity index (χ4n) is 3.12. The number of anilines is 1. The molecule has 1 saturated carbocycles. The van der Waals surface area contributed by atoms with Gasteiger partial charge in [-0.15, -0.1) is 0 Å². The van der Waals surface area contributed by atoms with E-state index >= 15 is 0 Å². The molecule has 6 heteroatoms. The van der Waals surface area contributed by atoms with Gasteiger partial charge in [0.15, 0.2) is 11.5 Å². The van der Waals surface area contributed by atoms with Crippen molar-refractivity contribution in [3.8, 4) is 0 Å². The van der Waals surface area contributed by atoms with Crippen molar-refractivity contribution in [2.24, 2.45) is 0 Å². The van der Waals surface area contributed by atoms with Gasteiger partial charge in [-0.05, 0) is 30.5 Å². The molecule has 0 radical (unpaired) electrons. The highest BCUT2D eigenvalue weighted by atomic mass is 15.2. The lowest BCUT2D eigenvalue weighted by Crippen LogP contribution is -2.05. The van der Waals surface area contributed by atoms with Crippen molar-refractivity contribution in [2.45, 2.75) is 38.3 Å². The molecule has 0 saturated heterocycles. The zero-order valence-corrected chi connectivity index (χ0v) is 12.3. The molecule has 22 heavy (non-hydrogen) atoms. The third-order valence-electron chi connectivity index (χ3n) is 4.29. The van der Waals surface area contributed by atoms with E-state index in [0.29, 0.717) is 12.6 Å². The number of imidazole rings is 1. The highest BCUT2D eigenvalue weighted by Gasteiger charge is 2.20. The molecule has 0 spiro atoms. The summed E-state index contributed by atoms with van der Waals surface area (Å²) in [6.45, 7) is 0.699. The number of nitrogens with one attached hydrogen (secondary N) is 1. The standard InChI is InChI=1S/C16H18N6/c1-2-4-13(3-1)22-11-21-14-15(19-10-20-16(14)22)18-9-12-5-7-17-8-6-12/h5-8,10-11,13H,1-4,9H2,(H,18,19,20). The minimum Gasteiger partial charge on any atom is -0.364 e. The lowest BCUT2D eigenvalue weighted by molar-refractivity contribution is 0.529. The summed E-state index contributed by atoms with van der Waals surface area (Å²) in [5.41, 5.74) is 2.94. The molecule has 112 valence electrons. The molecule has 1 fully saturated rings. The van der Waals surface area contributed by atoms with Crippen molar-refractivity contribution >= 4 is 17.0 Å². The van der Waals surface area contributed by atoms with E-state index in [9.17, 15) is 0 Å². The summed E-state index contributed by atoms with van der Waals surface area (Å²) in [6, 6.07) is 4.51. The van der Waals surface area contributed by atoms with Crippen LogP contribution < -0.4 is 5.32 Å². The van der Waals surface area contributed by atoms with E-state index < -0.39 is 0 Å². The first-order valence-corrected chi connectivity index (χ1v) is 7.72. The first kappa shape index (κ1) is 13.2. The van der Waals surface area contributed by atoms with Crippen LogP contribution in [-0.2, 0) is 6.54 Å². The molecule has 0 aliphatic heterocycles. The Balaban J connectivity index is 1.61. The number of aromatic nitrogens is 5. The molecular weight excluding hydrogens is 276 g/mol. The number of rotatable bonds is 4. The SMILES string of the molecule is c1cc(CNc2ncnc3c2ncn3C2CCCC2)ccn1. The molecule has 1 aliphatic rings. The van der Waals surface area contributed by atoms with E-state index in [-0.39, 0.29) is 0 Å². The summed E-state index contributed by atoms with van der Waals surface area (Å²) in [7, 11) is 0. The predicted octanol–water partition coefficient (Wildman–Crippen LogP) is 2.95. The Hall–Kier alpha value is -2.50. The monoisotopic (exact) mass is 294 g/mol. The number of hydrogen-bond donors (Lipinski definition) is 1. The molecule has 3 heterocycles. The van der Waals surface area contributed by atoms with Crippen LogP contribution in [0, 0.1) is 0 Å². The minimum atomic E-state index is 0.535. The largest absolute Gasteiger partial charge is 0.364 e. The van der Waals surface area contributed by atoms with Crippen LogP contribution in [0.5, 0.6) is 0 Å². The van der Waals surface area contributed by atoms with E-state index in [1.165, 1.54) is 25.7 Å². The van der Waals surface area contributed by atoms with Crippen LogP contribution in [0.3, 0.4) is 0 Å². The second-order valence-corrected chi connectivity index (χ2v) is 5.69. The van der Waals surface area contributed by atoms with Gasteiger partial charge in [0, 0.05) is 25.0 Å². The Bertz CT molecular complexity index is 761. The second kappa shape index (κ2) is 5.71. The van der Waals surface area contributed by atoms with Gasteiger partial charge in [-0.3, -0.25) is 4.98 Å². The average Bonchev–Trinajstić information content (AvgIpc) is 3.22. The van der Waals surface area contributed by atoms with Crippen LogP contribution in [0.1, 0.15) is 37.3 Å². The summed E-state index contributed by atoms with van der Waals surface area (Å²) in [5.74, 6) is 0.790. The van der Waals surface area contributed by atoms with Crippen LogP contribution >= 0.6 is 0 Å². The van der Waals surface area contributed by atoms with Crippen molar-refractivity contribution in [3.63, 3.8) is 0 Å². The van der Waals surface area contributed by atoms with E-state index in [4.69, 9.17) is 0 Å². The van der Waals surface area contributed by atoms with Crippen LogP contribution in [-0.4, -0.2) is 24.5 Å². The highest BCUT2D eigenvalue weighted by molar-refractivity contribution is 5.82. The smallest absolute Gasteiger partial charge is 0.165 e. The summed E-state index contributed by atoms with van der Waals surface area (Å²) < 4.78 is 2.21. The van der Waals surface area contributed by atoms with Crippen molar-refractivity contribution < 1.29 is 0 Å². The Morgan fingerprint density at radius 2 is 1.91 bits per heavy atom. The second-order valence-electron chi connectivity index (χ2n) is 5.69. The summed E-state index contributed by atoms with van der Waals surface area (Å²) in [4.78, 5) is 17.4. The first-order chi connectivity index (χ1) is 10.9. The third kappa shape index (κ3) is 2.41. The molecule has 0 aromatic carbocycles. The van der Waals surface area contributed by atoms with Crippen molar-refractivity contribution in [2.75, 3.05) is 5.32 Å². The Labute approximate surface area is 128 Å². The maximum Gasteiger partial charge on any atom is 0.165 e.